The van der Waals surface area contributed by atoms with Crippen molar-refractivity contribution in [2.24, 2.45) is 5.92 Å². The van der Waals surface area contributed by atoms with E-state index >= 15 is 0 Å². The molecule has 1 aliphatic heterocycles. The highest BCUT2D eigenvalue weighted by atomic mass is 16.6. The molecule has 0 saturated carbocycles. The van der Waals surface area contributed by atoms with Gasteiger partial charge in [0.1, 0.15) is 5.60 Å². The first kappa shape index (κ1) is 21.4. The molecule has 1 heterocycles. The Balaban J connectivity index is 1.57. The molecule has 0 unspecified atom stereocenters. The van der Waals surface area contributed by atoms with E-state index in [9.17, 15) is 4.79 Å². The van der Waals surface area contributed by atoms with Crippen LogP contribution in [0.25, 0.3) is 0 Å². The maximum absolute atomic E-state index is 12.3. The summed E-state index contributed by atoms with van der Waals surface area (Å²) in [6.45, 7) is 10.3. The predicted molar refractivity (Wildman–Crippen MR) is 118 cm³/mol. The fraction of sp³-hybridized carbons (Fsp3) is 0.480. The molecule has 4 nitrogen and oxygen atoms in total. The van der Waals surface area contributed by atoms with E-state index < -0.39 is 5.60 Å². The number of piperidine rings is 1. The van der Waals surface area contributed by atoms with Gasteiger partial charge in [0, 0.05) is 32.7 Å². The van der Waals surface area contributed by atoms with Crippen LogP contribution in [0.15, 0.2) is 60.7 Å². The second-order valence-electron chi connectivity index (χ2n) is 9.05. The predicted octanol–water partition coefficient (Wildman–Crippen LogP) is 5.34. The molecule has 2 aromatic carbocycles. The minimum absolute atomic E-state index is 0.179. The number of amides is 1. The highest BCUT2D eigenvalue weighted by Crippen LogP contribution is 2.22. The molecular formula is C25H34N2O2. The van der Waals surface area contributed by atoms with E-state index in [-0.39, 0.29) is 6.09 Å². The first-order chi connectivity index (χ1) is 13.9. The fourth-order valence-corrected chi connectivity index (χ4v) is 3.86. The summed E-state index contributed by atoms with van der Waals surface area (Å²) in [5, 5.41) is 0. The summed E-state index contributed by atoms with van der Waals surface area (Å²) in [7, 11) is 0. The van der Waals surface area contributed by atoms with E-state index in [1.807, 2.05) is 25.7 Å². The fourth-order valence-electron chi connectivity index (χ4n) is 3.86. The Bertz CT molecular complexity index is 706. The van der Waals surface area contributed by atoms with E-state index in [2.05, 4.69) is 65.6 Å². The third kappa shape index (κ3) is 7.21. The number of carbonyl (C=O) groups excluding carboxylic acids is 1. The lowest BCUT2D eigenvalue weighted by atomic mass is 9.96. The van der Waals surface area contributed by atoms with E-state index in [1.54, 1.807) is 0 Å². The molecule has 3 rings (SSSR count). The lowest BCUT2D eigenvalue weighted by molar-refractivity contribution is 0.0167. The van der Waals surface area contributed by atoms with Crippen molar-refractivity contribution in [1.29, 1.82) is 0 Å². The highest BCUT2D eigenvalue weighted by Gasteiger charge is 2.27. The number of rotatable bonds is 6. The van der Waals surface area contributed by atoms with Gasteiger partial charge in [0.05, 0.1) is 0 Å². The summed E-state index contributed by atoms with van der Waals surface area (Å²) in [6.07, 6.45) is 1.87. The van der Waals surface area contributed by atoms with Crippen LogP contribution in [0.3, 0.4) is 0 Å². The summed E-state index contributed by atoms with van der Waals surface area (Å²) in [6, 6.07) is 21.3. The molecule has 0 aromatic heterocycles. The Hall–Kier alpha value is -2.33. The van der Waals surface area contributed by atoms with Crippen LogP contribution < -0.4 is 0 Å². The number of benzene rings is 2. The van der Waals surface area contributed by atoms with E-state index in [1.165, 1.54) is 11.1 Å². The minimum atomic E-state index is -0.434. The van der Waals surface area contributed by atoms with Crippen LogP contribution in [0.2, 0.25) is 0 Å². The zero-order chi connectivity index (χ0) is 20.7. The van der Waals surface area contributed by atoms with Crippen molar-refractivity contribution >= 4 is 6.09 Å². The standard InChI is InChI=1S/C25H34N2O2/c1-25(2,3)29-24(28)27-16-14-23(15-17-27)20-26(18-21-10-6-4-7-11-21)19-22-12-8-5-9-13-22/h4-13,23H,14-20H2,1-3H3. The number of hydrogen-bond donors (Lipinski definition) is 0. The molecular weight excluding hydrogens is 360 g/mol. The summed E-state index contributed by atoms with van der Waals surface area (Å²) in [4.78, 5) is 16.7. The molecule has 0 radical (unpaired) electrons. The Kier molecular flexibility index (Phi) is 7.32. The maximum Gasteiger partial charge on any atom is 0.410 e. The average Bonchev–Trinajstić information content (AvgIpc) is 2.69. The quantitative estimate of drug-likeness (QED) is 0.663. The van der Waals surface area contributed by atoms with Crippen molar-refractivity contribution in [1.82, 2.24) is 9.80 Å². The Morgan fingerprint density at radius 1 is 0.931 bits per heavy atom. The van der Waals surface area contributed by atoms with Gasteiger partial charge in [0.15, 0.2) is 0 Å². The Morgan fingerprint density at radius 2 is 1.41 bits per heavy atom. The zero-order valence-corrected chi connectivity index (χ0v) is 18.0. The molecule has 0 N–H and O–H groups in total. The van der Waals surface area contributed by atoms with Crippen molar-refractivity contribution in [2.75, 3.05) is 19.6 Å². The van der Waals surface area contributed by atoms with Crippen molar-refractivity contribution in [2.45, 2.75) is 52.3 Å². The van der Waals surface area contributed by atoms with Crippen LogP contribution in [0.4, 0.5) is 4.79 Å². The summed E-state index contributed by atoms with van der Waals surface area (Å²) < 4.78 is 5.53. The summed E-state index contributed by atoms with van der Waals surface area (Å²) in [5.41, 5.74) is 2.25. The van der Waals surface area contributed by atoms with E-state index in [0.717, 1.165) is 45.6 Å². The molecule has 29 heavy (non-hydrogen) atoms. The number of nitrogens with zero attached hydrogens (tertiary/aromatic N) is 2. The molecule has 2 aromatic rings. The highest BCUT2D eigenvalue weighted by molar-refractivity contribution is 5.68. The average molecular weight is 395 g/mol. The van der Waals surface area contributed by atoms with Crippen molar-refractivity contribution in [3.8, 4) is 0 Å². The van der Waals surface area contributed by atoms with Gasteiger partial charge in [0.25, 0.3) is 0 Å². The van der Waals surface area contributed by atoms with Crippen LogP contribution in [-0.2, 0) is 17.8 Å². The van der Waals surface area contributed by atoms with Gasteiger partial charge in [-0.15, -0.1) is 0 Å². The zero-order valence-electron chi connectivity index (χ0n) is 18.0. The van der Waals surface area contributed by atoms with Gasteiger partial charge < -0.3 is 9.64 Å². The first-order valence-corrected chi connectivity index (χ1v) is 10.7. The molecule has 1 amide bonds. The molecule has 0 aliphatic carbocycles. The number of hydrogen-bond acceptors (Lipinski definition) is 3. The molecule has 1 fully saturated rings. The smallest absolute Gasteiger partial charge is 0.410 e. The van der Waals surface area contributed by atoms with Gasteiger partial charge in [-0.25, -0.2) is 4.79 Å². The van der Waals surface area contributed by atoms with Crippen LogP contribution in [0, 0.1) is 5.92 Å². The minimum Gasteiger partial charge on any atom is -0.444 e. The molecule has 0 atom stereocenters. The first-order valence-electron chi connectivity index (χ1n) is 10.7. The second kappa shape index (κ2) is 9.93. The van der Waals surface area contributed by atoms with E-state index in [0.29, 0.717) is 5.92 Å². The van der Waals surface area contributed by atoms with Crippen molar-refractivity contribution < 1.29 is 9.53 Å². The Labute approximate surface area is 175 Å². The lowest BCUT2D eigenvalue weighted by Crippen LogP contribution is -2.43. The third-order valence-corrected chi connectivity index (χ3v) is 5.28. The van der Waals surface area contributed by atoms with Crippen molar-refractivity contribution in [3.63, 3.8) is 0 Å². The van der Waals surface area contributed by atoms with Crippen molar-refractivity contribution in [3.05, 3.63) is 71.8 Å². The number of likely N-dealkylation sites (tertiary alicyclic amines) is 1. The summed E-state index contributed by atoms with van der Waals surface area (Å²) in [5.74, 6) is 0.598. The molecule has 1 aliphatic rings. The molecule has 156 valence electrons. The van der Waals surface area contributed by atoms with Crippen LogP contribution in [0.1, 0.15) is 44.7 Å². The topological polar surface area (TPSA) is 32.8 Å². The largest absolute Gasteiger partial charge is 0.444 e. The van der Waals surface area contributed by atoms with Crippen LogP contribution >= 0.6 is 0 Å². The monoisotopic (exact) mass is 394 g/mol. The van der Waals surface area contributed by atoms with Gasteiger partial charge >= 0.3 is 6.09 Å². The van der Waals surface area contributed by atoms with Gasteiger partial charge in [-0.1, -0.05) is 60.7 Å². The molecule has 0 bridgehead atoms. The van der Waals surface area contributed by atoms with Gasteiger partial charge in [0.2, 0.25) is 0 Å². The molecule has 0 spiro atoms. The lowest BCUT2D eigenvalue weighted by Gasteiger charge is -2.35. The third-order valence-electron chi connectivity index (χ3n) is 5.28. The SMILES string of the molecule is CC(C)(C)OC(=O)N1CCC(CN(Cc2ccccc2)Cc2ccccc2)CC1. The van der Waals surface area contributed by atoms with Crippen LogP contribution in [0.5, 0.6) is 0 Å². The maximum atomic E-state index is 12.3. The normalized spacial score (nSPS) is 15.5. The van der Waals surface area contributed by atoms with E-state index in [4.69, 9.17) is 4.74 Å². The Morgan fingerprint density at radius 3 is 1.86 bits per heavy atom. The van der Waals surface area contributed by atoms with Gasteiger partial charge in [-0.05, 0) is 50.7 Å². The number of carbonyl (C=O) groups is 1. The molecule has 1 saturated heterocycles. The van der Waals surface area contributed by atoms with Gasteiger partial charge in [-0.2, -0.15) is 0 Å². The number of ether oxygens (including phenoxy) is 1. The second-order valence-corrected chi connectivity index (χ2v) is 9.05. The van der Waals surface area contributed by atoms with Crippen LogP contribution in [-0.4, -0.2) is 41.1 Å². The molecule has 4 heteroatoms. The summed E-state index contributed by atoms with van der Waals surface area (Å²) >= 11 is 0. The van der Waals surface area contributed by atoms with Gasteiger partial charge in [-0.3, -0.25) is 4.90 Å².